The Morgan fingerprint density at radius 2 is 1.61 bits per heavy atom. The molecule has 1 aliphatic heterocycles. The fourth-order valence-electron chi connectivity index (χ4n) is 5.05. The van der Waals surface area contributed by atoms with Crippen LogP contribution in [0.3, 0.4) is 0 Å². The number of nitrogens with zero attached hydrogens (tertiary/aromatic N) is 4. The molecule has 12 nitrogen and oxygen atoms in total. The minimum absolute atomic E-state index is 0.0190. The van der Waals surface area contributed by atoms with Gasteiger partial charge in [0.15, 0.2) is 17.3 Å². The van der Waals surface area contributed by atoms with E-state index in [1.54, 1.807) is 39.2 Å². The van der Waals surface area contributed by atoms with Gasteiger partial charge in [0, 0.05) is 18.9 Å². The summed E-state index contributed by atoms with van der Waals surface area (Å²) < 4.78 is 13.5. The van der Waals surface area contributed by atoms with E-state index in [1.807, 2.05) is 60.7 Å². The first kappa shape index (κ1) is 30.5. The first-order valence-electron chi connectivity index (χ1n) is 14.5. The molecule has 1 fully saturated rings. The van der Waals surface area contributed by atoms with Gasteiger partial charge in [-0.1, -0.05) is 74.5 Å². The predicted molar refractivity (Wildman–Crippen MR) is 163 cm³/mol. The summed E-state index contributed by atoms with van der Waals surface area (Å²) in [6.07, 6.45) is 0.231. The zero-order valence-electron chi connectivity index (χ0n) is 25.3. The molecule has 3 heterocycles. The fraction of sp³-hybridized carbons (Fsp3) is 0.375. The number of carbonyl (C=O) groups is 3. The summed E-state index contributed by atoms with van der Waals surface area (Å²) >= 11 is 0. The van der Waals surface area contributed by atoms with E-state index in [9.17, 15) is 19.2 Å². The Morgan fingerprint density at radius 3 is 2.18 bits per heavy atom. The third kappa shape index (κ3) is 6.64. The average Bonchev–Trinajstić information content (AvgIpc) is 3.61. The number of hydrogen-bond acceptors (Lipinski definition) is 8. The van der Waals surface area contributed by atoms with Gasteiger partial charge in [-0.15, -0.1) is 0 Å². The van der Waals surface area contributed by atoms with Gasteiger partial charge < -0.3 is 14.0 Å². The zero-order valence-corrected chi connectivity index (χ0v) is 25.3. The molecule has 1 aliphatic rings. The average molecular weight is 601 g/mol. The highest BCUT2D eigenvalue weighted by Gasteiger charge is 2.44. The molecular weight excluding hydrogens is 564 g/mol. The van der Waals surface area contributed by atoms with Crippen molar-refractivity contribution in [1.82, 2.24) is 24.4 Å². The fourth-order valence-corrected chi connectivity index (χ4v) is 5.05. The Labute approximate surface area is 254 Å². The second-order valence-electron chi connectivity index (χ2n) is 12.1. The minimum Gasteiger partial charge on any atom is -0.451 e. The van der Waals surface area contributed by atoms with Crippen molar-refractivity contribution < 1.29 is 23.9 Å². The van der Waals surface area contributed by atoms with Crippen molar-refractivity contribution in [3.8, 4) is 0 Å². The van der Waals surface area contributed by atoms with Gasteiger partial charge in [0.2, 0.25) is 11.9 Å². The monoisotopic (exact) mass is 600 g/mol. The number of benzene rings is 2. The van der Waals surface area contributed by atoms with Crippen molar-refractivity contribution in [3.05, 3.63) is 88.5 Å². The molecule has 44 heavy (non-hydrogen) atoms. The van der Waals surface area contributed by atoms with Gasteiger partial charge in [-0.05, 0) is 31.9 Å². The molecule has 12 heteroatoms. The maximum absolute atomic E-state index is 13.9. The largest absolute Gasteiger partial charge is 0.451 e. The number of likely N-dealkylation sites (tertiary alicyclic amines) is 1. The number of carbonyl (C=O) groups excluding carboxylic acids is 3. The van der Waals surface area contributed by atoms with E-state index < -0.39 is 41.4 Å². The quantitative estimate of drug-likeness (QED) is 0.293. The second kappa shape index (κ2) is 12.3. The van der Waals surface area contributed by atoms with Crippen molar-refractivity contribution in [2.24, 2.45) is 5.92 Å². The molecule has 5 rings (SSSR count). The Balaban J connectivity index is 1.48. The lowest BCUT2D eigenvalue weighted by molar-refractivity contribution is -0.152. The Morgan fingerprint density at radius 1 is 1.00 bits per heavy atom. The standard InChI is InChI=1S/C32H36N6O6/c1-19(2)27(39)35-30-34-26-24(28(40)36-30)33-18-38(26)22-16-23(37(17-22)31(42)44-32(3,4)5)29(41)43-25(20-12-8-6-9-13-20)21-14-10-7-11-15-21/h6-15,18-19,22-23,25H,16-17H2,1-5H3,(H2,34,35,36,39,40)/t22?,23-/m0/s1. The first-order chi connectivity index (χ1) is 20.9. The zero-order chi connectivity index (χ0) is 31.6. The summed E-state index contributed by atoms with van der Waals surface area (Å²) in [4.78, 5) is 65.0. The Kier molecular flexibility index (Phi) is 8.52. The predicted octanol–water partition coefficient (Wildman–Crippen LogP) is 4.60. The number of nitrogens with one attached hydrogen (secondary N) is 2. The summed E-state index contributed by atoms with van der Waals surface area (Å²) in [5.74, 6) is -1.27. The van der Waals surface area contributed by atoms with Gasteiger partial charge in [0.1, 0.15) is 11.6 Å². The van der Waals surface area contributed by atoms with Crippen LogP contribution in [-0.2, 0) is 19.1 Å². The minimum atomic E-state index is -0.996. The normalized spacial score (nSPS) is 16.8. The molecule has 1 unspecified atom stereocenters. The first-order valence-corrected chi connectivity index (χ1v) is 14.5. The molecule has 0 radical (unpaired) electrons. The topological polar surface area (TPSA) is 149 Å². The van der Waals surface area contributed by atoms with Crippen LogP contribution in [0.1, 0.15) is 64.3 Å². The van der Waals surface area contributed by atoms with Gasteiger partial charge >= 0.3 is 12.1 Å². The maximum Gasteiger partial charge on any atom is 0.411 e. The summed E-state index contributed by atoms with van der Waals surface area (Å²) in [5.41, 5.74) is 0.508. The highest BCUT2D eigenvalue weighted by Crippen LogP contribution is 2.34. The van der Waals surface area contributed by atoms with Crippen LogP contribution < -0.4 is 10.9 Å². The lowest BCUT2D eigenvalue weighted by Gasteiger charge is -2.28. The molecule has 2 aromatic heterocycles. The van der Waals surface area contributed by atoms with Crippen molar-refractivity contribution in [1.29, 1.82) is 0 Å². The van der Waals surface area contributed by atoms with Gasteiger partial charge in [-0.3, -0.25) is 24.8 Å². The van der Waals surface area contributed by atoms with Gasteiger partial charge in [0.25, 0.3) is 5.56 Å². The molecule has 2 aromatic carbocycles. The maximum atomic E-state index is 13.9. The van der Waals surface area contributed by atoms with Crippen LogP contribution >= 0.6 is 0 Å². The van der Waals surface area contributed by atoms with Crippen molar-refractivity contribution in [2.45, 2.75) is 64.8 Å². The summed E-state index contributed by atoms with van der Waals surface area (Å²) in [7, 11) is 0. The number of ether oxygens (including phenoxy) is 2. The van der Waals surface area contributed by atoms with Crippen molar-refractivity contribution >= 4 is 35.1 Å². The van der Waals surface area contributed by atoms with Crippen LogP contribution in [0.5, 0.6) is 0 Å². The van der Waals surface area contributed by atoms with Crippen molar-refractivity contribution in [2.75, 3.05) is 11.9 Å². The van der Waals surface area contributed by atoms with Crippen LogP contribution in [0.4, 0.5) is 10.7 Å². The van der Waals surface area contributed by atoms with E-state index in [0.29, 0.717) is 0 Å². The van der Waals surface area contributed by atoms with E-state index in [2.05, 4.69) is 20.3 Å². The Bertz CT molecular complexity index is 1670. The van der Waals surface area contributed by atoms with E-state index in [-0.39, 0.29) is 41.9 Å². The molecule has 4 aromatic rings. The van der Waals surface area contributed by atoms with Crippen LogP contribution in [-0.4, -0.2) is 60.6 Å². The second-order valence-corrected chi connectivity index (χ2v) is 12.1. The number of hydrogen-bond donors (Lipinski definition) is 2. The van der Waals surface area contributed by atoms with Gasteiger partial charge in [-0.25, -0.2) is 14.6 Å². The number of esters is 1. The smallest absolute Gasteiger partial charge is 0.411 e. The van der Waals surface area contributed by atoms with E-state index in [0.717, 1.165) is 11.1 Å². The van der Waals surface area contributed by atoms with E-state index >= 15 is 0 Å². The highest BCUT2D eigenvalue weighted by molar-refractivity contribution is 5.91. The molecule has 0 saturated carbocycles. The van der Waals surface area contributed by atoms with E-state index in [1.165, 1.54) is 11.2 Å². The highest BCUT2D eigenvalue weighted by atomic mass is 16.6. The van der Waals surface area contributed by atoms with Crippen LogP contribution in [0.15, 0.2) is 71.8 Å². The molecule has 2 atom stereocenters. The molecule has 2 N–H and O–H groups in total. The number of fused-ring (bicyclic) bond motifs is 1. The number of rotatable bonds is 7. The summed E-state index contributed by atoms with van der Waals surface area (Å²) in [5, 5.41) is 2.61. The lowest BCUT2D eigenvalue weighted by Crippen LogP contribution is -2.44. The third-order valence-electron chi connectivity index (χ3n) is 7.21. The molecular formula is C32H36N6O6. The third-order valence-corrected chi connectivity index (χ3v) is 7.21. The van der Waals surface area contributed by atoms with Crippen molar-refractivity contribution in [3.63, 3.8) is 0 Å². The number of H-pyrrole nitrogens is 1. The van der Waals surface area contributed by atoms with Crippen LogP contribution in [0, 0.1) is 5.92 Å². The van der Waals surface area contributed by atoms with E-state index in [4.69, 9.17) is 9.47 Å². The molecule has 1 saturated heterocycles. The molecule has 2 amide bonds. The van der Waals surface area contributed by atoms with Gasteiger partial charge in [-0.2, -0.15) is 4.98 Å². The molecule has 230 valence electrons. The summed E-state index contributed by atoms with van der Waals surface area (Å²) in [6, 6.07) is 17.3. The number of amides is 2. The molecule has 0 aliphatic carbocycles. The molecule has 0 spiro atoms. The number of aromatic amines is 1. The Hall–Kier alpha value is -5.00. The molecule has 0 bridgehead atoms. The van der Waals surface area contributed by atoms with Crippen LogP contribution in [0.25, 0.3) is 11.2 Å². The SMILES string of the molecule is CC(C)C(=O)Nc1nc2c(ncn2C2C[C@@H](C(=O)OC(c3ccccc3)c3ccccc3)N(C(=O)OC(C)(C)C)C2)c(=O)[nH]1. The van der Waals surface area contributed by atoms with Gasteiger partial charge in [0.05, 0.1) is 12.4 Å². The number of anilines is 1. The lowest BCUT2D eigenvalue weighted by atomic mass is 10.0. The summed E-state index contributed by atoms with van der Waals surface area (Å²) in [6.45, 7) is 8.76. The van der Waals surface area contributed by atoms with Crippen LogP contribution in [0.2, 0.25) is 0 Å². The number of aromatic nitrogens is 4. The number of imidazole rings is 1.